The first-order valence-corrected chi connectivity index (χ1v) is 11.1. The lowest BCUT2D eigenvalue weighted by Crippen LogP contribution is -2.47. The van der Waals surface area contributed by atoms with Crippen molar-refractivity contribution < 1.29 is 23.9 Å². The molecule has 8 nitrogen and oxygen atoms in total. The van der Waals surface area contributed by atoms with Crippen LogP contribution in [0.3, 0.4) is 0 Å². The number of carbonyl (C=O) groups is 3. The Morgan fingerprint density at radius 3 is 2.68 bits per heavy atom. The lowest BCUT2D eigenvalue weighted by Gasteiger charge is -2.33. The van der Waals surface area contributed by atoms with E-state index in [4.69, 9.17) is 9.47 Å². The van der Waals surface area contributed by atoms with E-state index in [1.807, 2.05) is 0 Å². The molecule has 0 radical (unpaired) electrons. The molecule has 2 heterocycles. The van der Waals surface area contributed by atoms with Crippen LogP contribution in [0.5, 0.6) is 11.5 Å². The molecule has 0 bridgehead atoms. The van der Waals surface area contributed by atoms with Crippen LogP contribution in [0.4, 0.5) is 5.69 Å². The number of unbranched alkanes of at least 4 members (excludes halogenated alkanes) is 1. The normalized spacial score (nSPS) is 21.2. The second-order valence-electron chi connectivity index (χ2n) is 8.21. The molecule has 2 aliphatic heterocycles. The van der Waals surface area contributed by atoms with E-state index in [-0.39, 0.29) is 30.1 Å². The molecule has 0 aromatic heterocycles. The van der Waals surface area contributed by atoms with Crippen LogP contribution in [-0.2, 0) is 14.4 Å². The van der Waals surface area contributed by atoms with Crippen molar-refractivity contribution in [2.24, 2.45) is 11.8 Å². The Bertz CT molecular complexity index is 812. The molecule has 1 aromatic carbocycles. The van der Waals surface area contributed by atoms with Crippen molar-refractivity contribution in [2.75, 3.05) is 45.3 Å². The third kappa shape index (κ3) is 5.29. The number of carbonyl (C=O) groups excluding carboxylic acids is 3. The van der Waals surface area contributed by atoms with Gasteiger partial charge in [0.1, 0.15) is 11.5 Å². The van der Waals surface area contributed by atoms with Crippen LogP contribution in [0.2, 0.25) is 0 Å². The topological polar surface area (TPSA) is 88.2 Å². The summed E-state index contributed by atoms with van der Waals surface area (Å²) >= 11 is 0. The Kier molecular flexibility index (Phi) is 7.76. The molecule has 8 heteroatoms. The summed E-state index contributed by atoms with van der Waals surface area (Å²) in [6.45, 7) is 4.11. The third-order valence-electron chi connectivity index (χ3n) is 6.08. The van der Waals surface area contributed by atoms with Gasteiger partial charge in [0.05, 0.1) is 31.7 Å². The van der Waals surface area contributed by atoms with Crippen molar-refractivity contribution >= 4 is 23.4 Å². The number of benzene rings is 1. The van der Waals surface area contributed by atoms with Crippen LogP contribution in [0.1, 0.15) is 39.0 Å². The number of amides is 3. The van der Waals surface area contributed by atoms with Crippen LogP contribution in [0.25, 0.3) is 0 Å². The number of hydrogen-bond acceptors (Lipinski definition) is 5. The molecular formula is C23H33N3O5. The predicted octanol–water partition coefficient (Wildman–Crippen LogP) is 2.21. The number of ether oxygens (including phenoxy) is 2. The van der Waals surface area contributed by atoms with Gasteiger partial charge in [0, 0.05) is 38.7 Å². The minimum Gasteiger partial charge on any atom is -0.497 e. The van der Waals surface area contributed by atoms with E-state index in [0.717, 1.165) is 25.7 Å². The lowest BCUT2D eigenvalue weighted by atomic mass is 9.95. The summed E-state index contributed by atoms with van der Waals surface area (Å²) in [6, 6.07) is 5.27. The van der Waals surface area contributed by atoms with Crippen molar-refractivity contribution in [3.8, 4) is 11.5 Å². The Morgan fingerprint density at radius 2 is 1.97 bits per heavy atom. The fraction of sp³-hybridized carbons (Fsp3) is 0.609. The molecule has 170 valence electrons. The molecule has 0 saturated carbocycles. The molecule has 1 aromatic rings. The SMILES string of the molecule is CCCCNC(=O)C1CCCN(C(=O)C2CC(=O)N(c3cc(OC)ccc3OC)C2)C1. The van der Waals surface area contributed by atoms with E-state index in [0.29, 0.717) is 43.4 Å². The van der Waals surface area contributed by atoms with Gasteiger partial charge in [-0.25, -0.2) is 0 Å². The van der Waals surface area contributed by atoms with E-state index in [1.165, 1.54) is 0 Å². The van der Waals surface area contributed by atoms with Crippen LogP contribution in [-0.4, -0.2) is 63.0 Å². The second-order valence-corrected chi connectivity index (χ2v) is 8.21. The van der Waals surface area contributed by atoms with Gasteiger partial charge in [0.25, 0.3) is 0 Å². The van der Waals surface area contributed by atoms with E-state index in [1.54, 1.807) is 42.2 Å². The number of nitrogens with one attached hydrogen (secondary N) is 1. The Hall–Kier alpha value is -2.77. The predicted molar refractivity (Wildman–Crippen MR) is 117 cm³/mol. The monoisotopic (exact) mass is 431 g/mol. The maximum Gasteiger partial charge on any atom is 0.228 e. The molecule has 2 saturated heterocycles. The van der Waals surface area contributed by atoms with E-state index in [9.17, 15) is 14.4 Å². The minimum atomic E-state index is -0.426. The third-order valence-corrected chi connectivity index (χ3v) is 6.08. The van der Waals surface area contributed by atoms with Crippen LogP contribution >= 0.6 is 0 Å². The Morgan fingerprint density at radius 1 is 1.16 bits per heavy atom. The largest absolute Gasteiger partial charge is 0.497 e. The maximum atomic E-state index is 13.2. The van der Waals surface area contributed by atoms with Gasteiger partial charge in [0.2, 0.25) is 17.7 Å². The first-order valence-electron chi connectivity index (χ1n) is 11.1. The Balaban J connectivity index is 1.65. The first kappa shape index (κ1) is 22.9. The van der Waals surface area contributed by atoms with Gasteiger partial charge in [-0.05, 0) is 31.4 Å². The van der Waals surface area contributed by atoms with Crippen LogP contribution in [0.15, 0.2) is 18.2 Å². The lowest BCUT2D eigenvalue weighted by molar-refractivity contribution is -0.139. The van der Waals surface area contributed by atoms with Gasteiger partial charge in [-0.1, -0.05) is 13.3 Å². The molecule has 2 aliphatic rings. The quantitative estimate of drug-likeness (QED) is 0.638. The number of piperidine rings is 1. The first-order chi connectivity index (χ1) is 15.0. The smallest absolute Gasteiger partial charge is 0.228 e. The van der Waals surface area contributed by atoms with Crippen molar-refractivity contribution in [3.63, 3.8) is 0 Å². The summed E-state index contributed by atoms with van der Waals surface area (Å²) in [4.78, 5) is 41.7. The fourth-order valence-electron chi connectivity index (χ4n) is 4.30. The van der Waals surface area contributed by atoms with Crippen LogP contribution in [0, 0.1) is 11.8 Å². The summed E-state index contributed by atoms with van der Waals surface area (Å²) in [6.07, 6.45) is 3.72. The molecule has 2 atom stereocenters. The number of methoxy groups -OCH3 is 2. The van der Waals surface area contributed by atoms with Gasteiger partial charge in [0.15, 0.2) is 0 Å². The number of hydrogen-bond donors (Lipinski definition) is 1. The standard InChI is InChI=1S/C23H33N3O5/c1-4-5-10-24-22(28)16-7-6-11-25(14-16)23(29)17-12-21(27)26(15-17)19-13-18(30-2)8-9-20(19)31-3/h8-9,13,16-17H,4-7,10-12,14-15H2,1-3H3,(H,24,28). The summed E-state index contributed by atoms with van der Waals surface area (Å²) in [7, 11) is 3.11. The number of rotatable bonds is 8. The summed E-state index contributed by atoms with van der Waals surface area (Å²) in [5.41, 5.74) is 0.606. The average Bonchev–Trinajstić information content (AvgIpc) is 3.19. The molecule has 31 heavy (non-hydrogen) atoms. The maximum absolute atomic E-state index is 13.2. The van der Waals surface area contributed by atoms with Crippen molar-refractivity contribution in [3.05, 3.63) is 18.2 Å². The zero-order valence-corrected chi connectivity index (χ0v) is 18.7. The van der Waals surface area contributed by atoms with Gasteiger partial charge in [-0.2, -0.15) is 0 Å². The highest BCUT2D eigenvalue weighted by Gasteiger charge is 2.40. The van der Waals surface area contributed by atoms with Gasteiger partial charge in [-0.15, -0.1) is 0 Å². The molecule has 3 amide bonds. The summed E-state index contributed by atoms with van der Waals surface area (Å²) < 4.78 is 10.7. The van der Waals surface area contributed by atoms with Crippen molar-refractivity contribution in [1.82, 2.24) is 10.2 Å². The van der Waals surface area contributed by atoms with Crippen LogP contribution < -0.4 is 19.7 Å². The fourth-order valence-corrected chi connectivity index (χ4v) is 4.30. The molecule has 1 N–H and O–H groups in total. The van der Waals surface area contributed by atoms with E-state index in [2.05, 4.69) is 12.2 Å². The zero-order valence-electron chi connectivity index (χ0n) is 18.7. The van der Waals surface area contributed by atoms with Gasteiger partial charge in [-0.3, -0.25) is 14.4 Å². The van der Waals surface area contributed by atoms with E-state index < -0.39 is 5.92 Å². The molecule has 2 unspecified atom stereocenters. The van der Waals surface area contributed by atoms with Crippen molar-refractivity contribution in [2.45, 2.75) is 39.0 Å². The van der Waals surface area contributed by atoms with Gasteiger partial charge >= 0.3 is 0 Å². The number of nitrogens with zero attached hydrogens (tertiary/aromatic N) is 2. The molecule has 0 aliphatic carbocycles. The minimum absolute atomic E-state index is 0.0243. The van der Waals surface area contributed by atoms with E-state index >= 15 is 0 Å². The number of likely N-dealkylation sites (tertiary alicyclic amines) is 1. The highest BCUT2D eigenvalue weighted by atomic mass is 16.5. The highest BCUT2D eigenvalue weighted by Crippen LogP contribution is 2.36. The second kappa shape index (κ2) is 10.5. The molecular weight excluding hydrogens is 398 g/mol. The Labute approximate surface area is 183 Å². The van der Waals surface area contributed by atoms with Crippen molar-refractivity contribution in [1.29, 1.82) is 0 Å². The zero-order chi connectivity index (χ0) is 22.4. The average molecular weight is 432 g/mol. The summed E-state index contributed by atoms with van der Waals surface area (Å²) in [5.74, 6) is 0.428. The highest BCUT2D eigenvalue weighted by molar-refractivity contribution is 6.01. The van der Waals surface area contributed by atoms with Gasteiger partial charge < -0.3 is 24.6 Å². The molecule has 2 fully saturated rings. The molecule has 3 rings (SSSR count). The number of anilines is 1. The summed E-state index contributed by atoms with van der Waals surface area (Å²) in [5, 5.41) is 2.98. The molecule has 0 spiro atoms.